The molecule has 0 fully saturated rings. The van der Waals surface area contributed by atoms with Crippen molar-refractivity contribution in [3.63, 3.8) is 0 Å². The molecule has 7 heteroatoms. The van der Waals surface area contributed by atoms with Crippen molar-refractivity contribution >= 4 is 29.3 Å². The van der Waals surface area contributed by atoms with E-state index in [9.17, 15) is 19.9 Å². The van der Waals surface area contributed by atoms with Gasteiger partial charge in [-0.3, -0.25) is 10.1 Å². The largest absolute Gasteiger partial charge is 0.342 e. The Balaban J connectivity index is 3.34. The van der Waals surface area contributed by atoms with E-state index in [-0.39, 0.29) is 11.0 Å². The van der Waals surface area contributed by atoms with Gasteiger partial charge in [-0.25, -0.2) is 0 Å². The van der Waals surface area contributed by atoms with Crippen LogP contribution in [0.3, 0.4) is 0 Å². The average Bonchev–Trinajstić information content (AvgIpc) is 2.15. The van der Waals surface area contributed by atoms with Crippen molar-refractivity contribution < 1.29 is 14.7 Å². The molecule has 1 aromatic carbocycles. The topological polar surface area (TPSA) is 83.6 Å². The highest BCUT2D eigenvalue weighted by atomic mass is 32.5. The van der Waals surface area contributed by atoms with Crippen molar-refractivity contribution in [3.05, 3.63) is 33.9 Å². The molecule has 0 spiro atoms. The van der Waals surface area contributed by atoms with Gasteiger partial charge in [0.2, 0.25) is 6.49 Å². The number of nitrogens with zero attached hydrogens (tertiary/aromatic N) is 1. The fourth-order valence-corrected chi connectivity index (χ4v) is 2.65. The van der Waals surface area contributed by atoms with Gasteiger partial charge in [0.1, 0.15) is 0 Å². The zero-order chi connectivity index (χ0) is 11.6. The SMILES string of the molecule is CCc1cc([N+](=O)[O-])ccc1P(O)(O)=S. The maximum atomic E-state index is 10.5. The summed E-state index contributed by atoms with van der Waals surface area (Å²) in [5.74, 6) is 0. The van der Waals surface area contributed by atoms with Crippen molar-refractivity contribution in [2.45, 2.75) is 13.3 Å². The van der Waals surface area contributed by atoms with Crippen LogP contribution >= 0.6 is 6.49 Å². The van der Waals surface area contributed by atoms with Gasteiger partial charge in [0.05, 0.1) is 4.92 Å². The third kappa shape index (κ3) is 2.82. The summed E-state index contributed by atoms with van der Waals surface area (Å²) in [4.78, 5) is 28.7. The first-order chi connectivity index (χ1) is 6.86. The van der Waals surface area contributed by atoms with E-state index in [0.717, 1.165) is 0 Å². The standard InChI is InChI=1S/C8H10NO4PS/c1-2-6-5-7(9(10)11)3-4-8(6)14(12,13)15/h3-5H,2H2,1H3,(H2,12,13,15). The first-order valence-corrected chi connectivity index (χ1v) is 6.90. The van der Waals surface area contributed by atoms with E-state index in [4.69, 9.17) is 0 Å². The molecule has 0 bridgehead atoms. The Morgan fingerprint density at radius 3 is 2.53 bits per heavy atom. The maximum Gasteiger partial charge on any atom is 0.269 e. The van der Waals surface area contributed by atoms with Crippen LogP contribution in [-0.2, 0) is 18.2 Å². The summed E-state index contributed by atoms with van der Waals surface area (Å²) in [5, 5.41) is 10.7. The zero-order valence-electron chi connectivity index (χ0n) is 7.95. The summed E-state index contributed by atoms with van der Waals surface area (Å²) in [6, 6.07) is 3.86. The Hall–Kier alpha value is -0.810. The molecule has 0 saturated heterocycles. The maximum absolute atomic E-state index is 10.5. The van der Waals surface area contributed by atoms with Crippen LogP contribution in [0.15, 0.2) is 18.2 Å². The van der Waals surface area contributed by atoms with E-state index in [1.54, 1.807) is 6.92 Å². The lowest BCUT2D eigenvalue weighted by molar-refractivity contribution is -0.384. The lowest BCUT2D eigenvalue weighted by atomic mass is 10.1. The molecule has 1 rings (SSSR count). The van der Waals surface area contributed by atoms with Crippen LogP contribution in [0.2, 0.25) is 0 Å². The highest BCUT2D eigenvalue weighted by molar-refractivity contribution is 8.12. The van der Waals surface area contributed by atoms with E-state index < -0.39 is 11.4 Å². The summed E-state index contributed by atoms with van der Waals surface area (Å²) in [7, 11) is 0. The third-order valence-electron chi connectivity index (χ3n) is 1.97. The minimum atomic E-state index is -3.51. The number of nitro groups is 1. The first kappa shape index (κ1) is 12.3. The second kappa shape index (κ2) is 4.37. The number of benzene rings is 1. The van der Waals surface area contributed by atoms with Crippen molar-refractivity contribution in [3.8, 4) is 0 Å². The third-order valence-corrected chi connectivity index (χ3v) is 3.62. The summed E-state index contributed by atoms with van der Waals surface area (Å²) >= 11 is 4.57. The molecular weight excluding hydrogens is 237 g/mol. The van der Waals surface area contributed by atoms with Crippen molar-refractivity contribution in [1.29, 1.82) is 0 Å². The zero-order valence-corrected chi connectivity index (χ0v) is 9.66. The number of rotatable bonds is 3. The minimum absolute atomic E-state index is 0.0703. The minimum Gasteiger partial charge on any atom is -0.342 e. The normalized spacial score (nSPS) is 11.4. The lowest BCUT2D eigenvalue weighted by Crippen LogP contribution is -2.10. The monoisotopic (exact) mass is 247 g/mol. The fraction of sp³-hybridized carbons (Fsp3) is 0.250. The van der Waals surface area contributed by atoms with Crippen molar-refractivity contribution in [2.24, 2.45) is 0 Å². The fourth-order valence-electron chi connectivity index (χ4n) is 1.25. The van der Waals surface area contributed by atoms with Gasteiger partial charge in [-0.15, -0.1) is 0 Å². The second-order valence-electron chi connectivity index (χ2n) is 2.97. The van der Waals surface area contributed by atoms with Gasteiger partial charge in [-0.2, -0.15) is 0 Å². The van der Waals surface area contributed by atoms with Gasteiger partial charge in [-0.05, 0) is 29.9 Å². The van der Waals surface area contributed by atoms with Gasteiger partial charge in [0.15, 0.2) is 0 Å². The van der Waals surface area contributed by atoms with Gasteiger partial charge >= 0.3 is 0 Å². The van der Waals surface area contributed by atoms with Crippen LogP contribution in [0.1, 0.15) is 12.5 Å². The molecule has 0 aliphatic rings. The number of hydrogen-bond donors (Lipinski definition) is 2. The lowest BCUT2D eigenvalue weighted by Gasteiger charge is -2.11. The summed E-state index contributed by atoms with van der Waals surface area (Å²) in [6.07, 6.45) is 0.469. The Bertz CT molecular complexity index is 442. The van der Waals surface area contributed by atoms with Crippen LogP contribution in [0.4, 0.5) is 5.69 Å². The summed E-state index contributed by atoms with van der Waals surface area (Å²) in [6.45, 7) is -1.74. The highest BCUT2D eigenvalue weighted by Gasteiger charge is 2.18. The van der Waals surface area contributed by atoms with E-state index in [1.165, 1.54) is 18.2 Å². The molecule has 0 heterocycles. The molecule has 82 valence electrons. The Labute approximate surface area is 91.7 Å². The number of hydrogen-bond acceptors (Lipinski definition) is 3. The predicted octanol–water partition coefficient (Wildman–Crippen LogP) is 1.08. The Morgan fingerprint density at radius 1 is 1.53 bits per heavy atom. The van der Waals surface area contributed by atoms with Gasteiger partial charge in [0.25, 0.3) is 5.69 Å². The van der Waals surface area contributed by atoms with Gasteiger partial charge < -0.3 is 9.79 Å². The Kier molecular flexibility index (Phi) is 3.57. The molecule has 5 nitrogen and oxygen atoms in total. The predicted molar refractivity (Wildman–Crippen MR) is 60.8 cm³/mol. The number of aryl methyl sites for hydroxylation is 1. The molecule has 0 radical (unpaired) electrons. The second-order valence-corrected chi connectivity index (χ2v) is 6.07. The van der Waals surface area contributed by atoms with E-state index >= 15 is 0 Å². The van der Waals surface area contributed by atoms with Crippen LogP contribution in [0.25, 0.3) is 0 Å². The Morgan fingerprint density at radius 2 is 2.13 bits per heavy atom. The molecule has 15 heavy (non-hydrogen) atoms. The smallest absolute Gasteiger partial charge is 0.269 e. The summed E-state index contributed by atoms with van der Waals surface area (Å²) < 4.78 is 0. The molecule has 2 N–H and O–H groups in total. The van der Waals surface area contributed by atoms with E-state index in [2.05, 4.69) is 11.8 Å². The van der Waals surface area contributed by atoms with Crippen molar-refractivity contribution in [1.82, 2.24) is 0 Å². The van der Waals surface area contributed by atoms with Gasteiger partial charge in [0, 0.05) is 17.4 Å². The van der Waals surface area contributed by atoms with E-state index in [1.807, 2.05) is 0 Å². The molecule has 0 saturated carbocycles. The molecule has 0 aliphatic carbocycles. The van der Waals surface area contributed by atoms with E-state index in [0.29, 0.717) is 12.0 Å². The first-order valence-electron chi connectivity index (χ1n) is 4.19. The average molecular weight is 247 g/mol. The molecular formula is C8H10NO4PS. The summed E-state index contributed by atoms with van der Waals surface area (Å²) in [5.41, 5.74) is 0.441. The number of non-ortho nitro benzene ring substituents is 1. The molecule has 0 unspecified atom stereocenters. The van der Waals surface area contributed by atoms with Crippen LogP contribution in [0.5, 0.6) is 0 Å². The molecule has 0 atom stereocenters. The van der Waals surface area contributed by atoms with Gasteiger partial charge in [-0.1, -0.05) is 6.92 Å². The highest BCUT2D eigenvalue weighted by Crippen LogP contribution is 2.36. The van der Waals surface area contributed by atoms with Crippen molar-refractivity contribution in [2.75, 3.05) is 0 Å². The molecule has 0 amide bonds. The quantitative estimate of drug-likeness (QED) is 0.474. The molecule has 0 aliphatic heterocycles. The molecule has 1 aromatic rings. The van der Waals surface area contributed by atoms with Crippen LogP contribution in [0, 0.1) is 10.1 Å². The van der Waals surface area contributed by atoms with Crippen LogP contribution < -0.4 is 5.30 Å². The van der Waals surface area contributed by atoms with Crippen LogP contribution in [-0.4, -0.2) is 14.7 Å². The number of nitro benzene ring substituents is 1. The molecule has 0 aromatic heterocycles.